The van der Waals surface area contributed by atoms with Crippen molar-refractivity contribution >= 4 is 22.9 Å². The lowest BCUT2D eigenvalue weighted by atomic mass is 9.89. The van der Waals surface area contributed by atoms with Gasteiger partial charge in [-0.15, -0.1) is 0 Å². The molecule has 0 atom stereocenters. The highest BCUT2D eigenvalue weighted by molar-refractivity contribution is 7.80. The van der Waals surface area contributed by atoms with Gasteiger partial charge in [0.2, 0.25) is 0 Å². The summed E-state index contributed by atoms with van der Waals surface area (Å²) in [6.45, 7) is 6.57. The van der Waals surface area contributed by atoms with Crippen LogP contribution in [0.1, 0.15) is 45.7 Å². The zero-order valence-corrected chi connectivity index (χ0v) is 11.6. The molecule has 0 spiro atoms. The van der Waals surface area contributed by atoms with Crippen molar-refractivity contribution in [3.63, 3.8) is 0 Å². The summed E-state index contributed by atoms with van der Waals surface area (Å²) in [6, 6.07) is 3.88. The molecule has 0 saturated heterocycles. The van der Waals surface area contributed by atoms with Crippen molar-refractivity contribution in [2.45, 2.75) is 45.6 Å². The first-order valence-corrected chi connectivity index (χ1v) is 6.52. The van der Waals surface area contributed by atoms with Gasteiger partial charge in [-0.3, -0.25) is 4.98 Å². The molecule has 1 aromatic heterocycles. The minimum absolute atomic E-state index is 0.0998. The highest BCUT2D eigenvalue weighted by Crippen LogP contribution is 2.26. The number of nitrogens with two attached hydrogens (primary N) is 1. The Morgan fingerprint density at radius 2 is 1.94 bits per heavy atom. The van der Waals surface area contributed by atoms with Crippen LogP contribution >= 0.6 is 12.2 Å². The standard InChI is InChI=1S/C13H21N3S/c1-4-13(5-2,6-3)16-10-8-7-9-15-11(10)12(14)17/h7-9,16H,4-6H2,1-3H3,(H2,14,17). The van der Waals surface area contributed by atoms with Gasteiger partial charge < -0.3 is 11.1 Å². The van der Waals surface area contributed by atoms with Crippen LogP contribution in [-0.4, -0.2) is 15.5 Å². The average Bonchev–Trinajstić information content (AvgIpc) is 2.36. The Morgan fingerprint density at radius 3 is 2.41 bits per heavy atom. The van der Waals surface area contributed by atoms with Gasteiger partial charge in [0.1, 0.15) is 10.7 Å². The van der Waals surface area contributed by atoms with Gasteiger partial charge in [-0.2, -0.15) is 0 Å². The Bertz CT molecular complexity index is 378. The molecule has 0 aliphatic rings. The van der Waals surface area contributed by atoms with Gasteiger partial charge in [-0.1, -0.05) is 33.0 Å². The Balaban J connectivity index is 3.05. The molecule has 0 radical (unpaired) electrons. The van der Waals surface area contributed by atoms with E-state index < -0.39 is 0 Å². The van der Waals surface area contributed by atoms with Crippen molar-refractivity contribution in [3.8, 4) is 0 Å². The Hall–Kier alpha value is -1.16. The lowest BCUT2D eigenvalue weighted by Gasteiger charge is -2.33. The molecule has 17 heavy (non-hydrogen) atoms. The molecule has 3 N–H and O–H groups in total. The van der Waals surface area contributed by atoms with Crippen molar-refractivity contribution < 1.29 is 0 Å². The van der Waals surface area contributed by atoms with Crippen LogP contribution in [0, 0.1) is 0 Å². The maximum Gasteiger partial charge on any atom is 0.124 e. The molecule has 94 valence electrons. The maximum absolute atomic E-state index is 5.69. The summed E-state index contributed by atoms with van der Waals surface area (Å²) in [5, 5.41) is 3.56. The Kier molecular flexibility index (Phi) is 4.87. The highest BCUT2D eigenvalue weighted by Gasteiger charge is 2.24. The van der Waals surface area contributed by atoms with E-state index in [0.717, 1.165) is 24.9 Å². The van der Waals surface area contributed by atoms with Crippen LogP contribution in [0.15, 0.2) is 18.3 Å². The zero-order chi connectivity index (χ0) is 12.9. The van der Waals surface area contributed by atoms with Gasteiger partial charge in [-0.05, 0) is 31.4 Å². The number of thiocarbonyl (C=S) groups is 1. The first kappa shape index (κ1) is 13.9. The van der Waals surface area contributed by atoms with Crippen LogP contribution in [-0.2, 0) is 0 Å². The Morgan fingerprint density at radius 1 is 1.35 bits per heavy atom. The Labute approximate surface area is 109 Å². The molecular formula is C13H21N3S. The van der Waals surface area contributed by atoms with Gasteiger partial charge in [0.05, 0.1) is 5.69 Å². The fourth-order valence-corrected chi connectivity index (χ4v) is 2.17. The fourth-order valence-electron chi connectivity index (χ4n) is 2.00. The van der Waals surface area contributed by atoms with Crippen molar-refractivity contribution in [2.75, 3.05) is 5.32 Å². The molecule has 4 heteroatoms. The van der Waals surface area contributed by atoms with E-state index in [2.05, 4.69) is 31.1 Å². The number of hydrogen-bond acceptors (Lipinski definition) is 3. The van der Waals surface area contributed by atoms with Gasteiger partial charge in [-0.25, -0.2) is 0 Å². The molecule has 0 saturated carbocycles. The summed E-state index contributed by atoms with van der Waals surface area (Å²) in [4.78, 5) is 4.57. The van der Waals surface area contributed by atoms with Crippen molar-refractivity contribution in [1.29, 1.82) is 0 Å². The third-order valence-corrected chi connectivity index (χ3v) is 3.66. The monoisotopic (exact) mass is 251 g/mol. The topological polar surface area (TPSA) is 50.9 Å². The third kappa shape index (κ3) is 3.16. The molecule has 0 aromatic carbocycles. The minimum Gasteiger partial charge on any atom is -0.388 e. The van der Waals surface area contributed by atoms with E-state index in [4.69, 9.17) is 18.0 Å². The maximum atomic E-state index is 5.69. The molecule has 1 rings (SSSR count). The van der Waals surface area contributed by atoms with Gasteiger partial charge in [0.25, 0.3) is 0 Å². The number of hydrogen-bond donors (Lipinski definition) is 2. The molecular weight excluding hydrogens is 230 g/mol. The van der Waals surface area contributed by atoms with Crippen molar-refractivity contribution in [2.24, 2.45) is 5.73 Å². The number of nitrogens with zero attached hydrogens (tertiary/aromatic N) is 1. The van der Waals surface area contributed by atoms with Gasteiger partial charge in [0, 0.05) is 11.7 Å². The smallest absolute Gasteiger partial charge is 0.124 e. The normalized spacial score (nSPS) is 11.2. The molecule has 0 fully saturated rings. The van der Waals surface area contributed by atoms with E-state index in [1.807, 2.05) is 12.1 Å². The van der Waals surface area contributed by atoms with E-state index in [-0.39, 0.29) is 5.54 Å². The lowest BCUT2D eigenvalue weighted by molar-refractivity contribution is 0.420. The second-order valence-electron chi connectivity index (χ2n) is 4.23. The summed E-state index contributed by atoms with van der Waals surface area (Å²) in [5.74, 6) is 0. The number of rotatable bonds is 6. The molecule has 0 unspecified atom stereocenters. The van der Waals surface area contributed by atoms with Crippen LogP contribution in [0.2, 0.25) is 0 Å². The van der Waals surface area contributed by atoms with Crippen LogP contribution in [0.25, 0.3) is 0 Å². The second kappa shape index (κ2) is 5.96. The second-order valence-corrected chi connectivity index (χ2v) is 4.67. The van der Waals surface area contributed by atoms with Gasteiger partial charge >= 0.3 is 0 Å². The molecule has 0 aliphatic carbocycles. The number of nitrogens with one attached hydrogen (secondary N) is 1. The summed E-state index contributed by atoms with van der Waals surface area (Å²) in [5.41, 5.74) is 7.40. The average molecular weight is 251 g/mol. The first-order chi connectivity index (χ1) is 8.08. The third-order valence-electron chi connectivity index (χ3n) is 3.47. The van der Waals surface area contributed by atoms with Crippen LogP contribution < -0.4 is 11.1 Å². The largest absolute Gasteiger partial charge is 0.388 e. The molecule has 1 heterocycles. The number of pyridine rings is 1. The lowest BCUT2D eigenvalue weighted by Crippen LogP contribution is -2.37. The molecule has 1 aromatic rings. The summed E-state index contributed by atoms with van der Waals surface area (Å²) >= 11 is 5.02. The van der Waals surface area contributed by atoms with E-state index in [1.54, 1.807) is 6.20 Å². The van der Waals surface area contributed by atoms with E-state index in [0.29, 0.717) is 10.7 Å². The van der Waals surface area contributed by atoms with Crippen molar-refractivity contribution in [1.82, 2.24) is 4.98 Å². The zero-order valence-electron chi connectivity index (χ0n) is 10.8. The van der Waals surface area contributed by atoms with E-state index >= 15 is 0 Å². The summed E-state index contributed by atoms with van der Waals surface area (Å²) in [6.07, 6.45) is 4.90. The van der Waals surface area contributed by atoms with Crippen LogP contribution in [0.5, 0.6) is 0 Å². The molecule has 3 nitrogen and oxygen atoms in total. The van der Waals surface area contributed by atoms with Gasteiger partial charge in [0.15, 0.2) is 0 Å². The quantitative estimate of drug-likeness (QED) is 0.763. The summed E-state index contributed by atoms with van der Waals surface area (Å²) in [7, 11) is 0. The minimum atomic E-state index is 0.0998. The first-order valence-electron chi connectivity index (χ1n) is 6.11. The summed E-state index contributed by atoms with van der Waals surface area (Å²) < 4.78 is 0. The highest BCUT2D eigenvalue weighted by atomic mass is 32.1. The van der Waals surface area contributed by atoms with E-state index in [1.165, 1.54) is 0 Å². The number of anilines is 1. The molecule has 0 bridgehead atoms. The molecule has 0 aliphatic heterocycles. The predicted octanol–water partition coefficient (Wildman–Crippen LogP) is 3.10. The van der Waals surface area contributed by atoms with E-state index in [9.17, 15) is 0 Å². The predicted molar refractivity (Wildman–Crippen MR) is 77.4 cm³/mol. The number of aromatic nitrogens is 1. The molecule has 0 amide bonds. The van der Waals surface area contributed by atoms with Crippen LogP contribution in [0.4, 0.5) is 5.69 Å². The fraction of sp³-hybridized carbons (Fsp3) is 0.538. The van der Waals surface area contributed by atoms with Crippen molar-refractivity contribution in [3.05, 3.63) is 24.0 Å². The SMILES string of the molecule is CCC(CC)(CC)Nc1cccnc1C(N)=S. The van der Waals surface area contributed by atoms with Crippen LogP contribution in [0.3, 0.4) is 0 Å².